The molecular weight excluding hydrogens is 400 g/mol. The molecule has 0 atom stereocenters. The van der Waals surface area contributed by atoms with Crippen molar-refractivity contribution in [1.82, 2.24) is 14.7 Å². The van der Waals surface area contributed by atoms with Gasteiger partial charge in [0.15, 0.2) is 5.69 Å². The van der Waals surface area contributed by atoms with E-state index < -0.39 is 0 Å². The number of anilines is 1. The monoisotopic (exact) mass is 426 g/mol. The summed E-state index contributed by atoms with van der Waals surface area (Å²) in [6, 6.07) is 1.94. The fourth-order valence-electron chi connectivity index (χ4n) is 3.33. The molecule has 0 fully saturated rings. The number of ether oxygens (including phenoxy) is 1. The molecule has 0 spiro atoms. The van der Waals surface area contributed by atoms with Crippen LogP contribution in [0.4, 0.5) is 5.00 Å². The van der Waals surface area contributed by atoms with Crippen molar-refractivity contribution >= 4 is 40.6 Å². The van der Waals surface area contributed by atoms with E-state index in [9.17, 15) is 9.59 Å². The van der Waals surface area contributed by atoms with E-state index >= 15 is 0 Å². The number of halogens is 1. The Morgan fingerprint density at radius 3 is 2.71 bits per heavy atom. The number of aromatic nitrogens is 2. The second kappa shape index (κ2) is 9.07. The number of carbonyl (C=O) groups excluding carboxylic acids is 2. The van der Waals surface area contributed by atoms with Crippen LogP contribution >= 0.6 is 23.7 Å². The van der Waals surface area contributed by atoms with Crippen molar-refractivity contribution in [1.29, 1.82) is 0 Å². The van der Waals surface area contributed by atoms with Gasteiger partial charge >= 0.3 is 5.97 Å². The quantitative estimate of drug-likeness (QED) is 0.738. The van der Waals surface area contributed by atoms with Crippen LogP contribution in [0.15, 0.2) is 6.07 Å². The van der Waals surface area contributed by atoms with E-state index in [2.05, 4.69) is 15.3 Å². The predicted octanol–water partition coefficient (Wildman–Crippen LogP) is 3.67. The molecule has 1 aliphatic heterocycles. The molecule has 28 heavy (non-hydrogen) atoms. The summed E-state index contributed by atoms with van der Waals surface area (Å²) >= 11 is 1.45. The maximum absolute atomic E-state index is 12.8. The van der Waals surface area contributed by atoms with Crippen LogP contribution in [0.5, 0.6) is 0 Å². The lowest BCUT2D eigenvalue weighted by atomic mass is 10.0. The molecule has 0 saturated heterocycles. The number of carbonyl (C=O) groups is 2. The van der Waals surface area contributed by atoms with Crippen LogP contribution in [0.1, 0.15) is 63.8 Å². The summed E-state index contributed by atoms with van der Waals surface area (Å²) < 4.78 is 7.06. The number of likely N-dealkylation sites (N-methyl/N-ethyl adjacent to an activating group) is 1. The molecule has 9 heteroatoms. The predicted molar refractivity (Wildman–Crippen MR) is 113 cm³/mol. The lowest BCUT2D eigenvalue weighted by molar-refractivity contribution is 0.0526. The smallest absolute Gasteiger partial charge is 0.341 e. The molecular formula is C19H27ClN4O3S. The normalized spacial score (nSPS) is 13.8. The second-order valence-electron chi connectivity index (χ2n) is 7.08. The molecule has 1 N–H and O–H groups in total. The standard InChI is InChI=1S/C19H26N4O3S.ClH/c1-6-26-19(25)16-13-7-8-22(5)10-15(13)27-18(16)20-17(24)14-9-12(4)23(21-14)11(2)3;/h9,11H,6-8,10H2,1-5H3,(H,20,24);1H. The zero-order valence-corrected chi connectivity index (χ0v) is 18.5. The molecule has 0 aliphatic carbocycles. The molecule has 7 nitrogen and oxygen atoms in total. The second-order valence-corrected chi connectivity index (χ2v) is 8.18. The number of hydrogen-bond donors (Lipinski definition) is 1. The van der Waals surface area contributed by atoms with Gasteiger partial charge in [-0.25, -0.2) is 4.79 Å². The number of thiophene rings is 1. The maximum atomic E-state index is 12.8. The van der Waals surface area contributed by atoms with Crippen LogP contribution < -0.4 is 5.32 Å². The van der Waals surface area contributed by atoms with Crippen LogP contribution in [0.2, 0.25) is 0 Å². The molecule has 0 aromatic carbocycles. The lowest BCUT2D eigenvalue weighted by Gasteiger charge is -2.22. The van der Waals surface area contributed by atoms with Crippen molar-refractivity contribution in [3.63, 3.8) is 0 Å². The van der Waals surface area contributed by atoms with Crippen LogP contribution in [0.3, 0.4) is 0 Å². The van der Waals surface area contributed by atoms with Crippen LogP contribution in [0, 0.1) is 6.92 Å². The largest absolute Gasteiger partial charge is 0.462 e. The Kier molecular flexibility index (Phi) is 7.25. The van der Waals surface area contributed by atoms with Gasteiger partial charge in [0.25, 0.3) is 5.91 Å². The average Bonchev–Trinajstić information content (AvgIpc) is 3.15. The number of amides is 1. The van der Waals surface area contributed by atoms with Crippen LogP contribution in [-0.2, 0) is 17.7 Å². The highest BCUT2D eigenvalue weighted by atomic mass is 35.5. The number of hydrogen-bond acceptors (Lipinski definition) is 6. The molecule has 1 aliphatic rings. The molecule has 0 radical (unpaired) electrons. The molecule has 3 rings (SSSR count). The average molecular weight is 427 g/mol. The highest BCUT2D eigenvalue weighted by molar-refractivity contribution is 7.17. The summed E-state index contributed by atoms with van der Waals surface area (Å²) in [6.07, 6.45) is 0.771. The van der Waals surface area contributed by atoms with E-state index in [1.807, 2.05) is 32.5 Å². The minimum absolute atomic E-state index is 0. The van der Waals surface area contributed by atoms with E-state index in [1.165, 1.54) is 11.3 Å². The summed E-state index contributed by atoms with van der Waals surface area (Å²) in [7, 11) is 2.05. The van der Waals surface area contributed by atoms with Crippen LogP contribution in [-0.4, -0.2) is 46.8 Å². The van der Waals surface area contributed by atoms with E-state index in [-0.39, 0.29) is 30.3 Å². The van der Waals surface area contributed by atoms with Gasteiger partial charge in [-0.2, -0.15) is 5.10 Å². The number of nitrogens with one attached hydrogen (secondary N) is 1. The van der Waals surface area contributed by atoms with E-state index in [1.54, 1.807) is 13.0 Å². The molecule has 0 bridgehead atoms. The van der Waals surface area contributed by atoms with Gasteiger partial charge in [-0.3, -0.25) is 9.48 Å². The Labute approximate surface area is 175 Å². The third-order valence-corrected chi connectivity index (χ3v) is 5.73. The molecule has 0 unspecified atom stereocenters. The van der Waals surface area contributed by atoms with Gasteiger partial charge in [0.2, 0.25) is 0 Å². The Morgan fingerprint density at radius 2 is 2.11 bits per heavy atom. The summed E-state index contributed by atoms with van der Waals surface area (Å²) in [5.41, 5.74) is 2.77. The van der Waals surface area contributed by atoms with E-state index in [0.29, 0.717) is 22.9 Å². The maximum Gasteiger partial charge on any atom is 0.341 e. The first-order valence-electron chi connectivity index (χ1n) is 9.19. The minimum atomic E-state index is -0.376. The molecule has 154 valence electrons. The fraction of sp³-hybridized carbons (Fsp3) is 0.526. The van der Waals surface area contributed by atoms with Gasteiger partial charge in [0.1, 0.15) is 5.00 Å². The Balaban J connectivity index is 0.00000280. The fourth-order valence-corrected chi connectivity index (χ4v) is 4.64. The van der Waals surface area contributed by atoms with Crippen LogP contribution in [0.25, 0.3) is 0 Å². The minimum Gasteiger partial charge on any atom is -0.462 e. The van der Waals surface area contributed by atoms with Crippen molar-refractivity contribution < 1.29 is 14.3 Å². The SMILES string of the molecule is CCOC(=O)c1c(NC(=O)c2cc(C)n(C(C)C)n2)sc2c1CCN(C)C2.Cl. The number of esters is 1. The Bertz CT molecular complexity index is 875. The van der Waals surface area contributed by atoms with Crippen molar-refractivity contribution in [3.05, 3.63) is 33.5 Å². The van der Waals surface area contributed by atoms with Crippen molar-refractivity contribution in [2.24, 2.45) is 0 Å². The number of aryl methyl sites for hydroxylation is 1. The molecule has 1 amide bonds. The summed E-state index contributed by atoms with van der Waals surface area (Å²) in [5, 5.41) is 7.85. The van der Waals surface area contributed by atoms with Gasteiger partial charge in [-0.1, -0.05) is 0 Å². The molecule has 2 aromatic rings. The Morgan fingerprint density at radius 1 is 1.39 bits per heavy atom. The van der Waals surface area contributed by atoms with Gasteiger partial charge in [0.05, 0.1) is 12.2 Å². The van der Waals surface area contributed by atoms with Gasteiger partial charge in [0, 0.05) is 29.7 Å². The van der Waals surface area contributed by atoms with Crippen molar-refractivity contribution in [3.8, 4) is 0 Å². The lowest BCUT2D eigenvalue weighted by Crippen LogP contribution is -2.26. The number of rotatable bonds is 5. The topological polar surface area (TPSA) is 76.5 Å². The van der Waals surface area contributed by atoms with Gasteiger partial charge in [-0.05, 0) is 52.8 Å². The third kappa shape index (κ3) is 4.39. The highest BCUT2D eigenvalue weighted by Gasteiger charge is 2.29. The van der Waals surface area contributed by atoms with Gasteiger partial charge in [-0.15, -0.1) is 23.7 Å². The Hall–Kier alpha value is -1.90. The summed E-state index contributed by atoms with van der Waals surface area (Å²) in [5.74, 6) is -0.686. The van der Waals surface area contributed by atoms with E-state index in [0.717, 1.165) is 35.6 Å². The summed E-state index contributed by atoms with van der Waals surface area (Å²) in [6.45, 7) is 9.69. The van der Waals surface area contributed by atoms with Crippen molar-refractivity contribution in [2.45, 2.75) is 46.7 Å². The third-order valence-electron chi connectivity index (χ3n) is 4.60. The van der Waals surface area contributed by atoms with Crippen molar-refractivity contribution in [2.75, 3.05) is 25.5 Å². The highest BCUT2D eigenvalue weighted by Crippen LogP contribution is 2.37. The molecule has 0 saturated carbocycles. The number of nitrogens with zero attached hydrogens (tertiary/aromatic N) is 3. The first-order valence-corrected chi connectivity index (χ1v) is 10.0. The molecule has 3 heterocycles. The zero-order chi connectivity index (χ0) is 19.7. The number of fused-ring (bicyclic) bond motifs is 1. The summed E-state index contributed by atoms with van der Waals surface area (Å²) in [4.78, 5) is 28.6. The zero-order valence-electron chi connectivity index (χ0n) is 16.9. The first kappa shape index (κ1) is 22.4. The first-order chi connectivity index (χ1) is 12.8. The van der Waals surface area contributed by atoms with Gasteiger partial charge < -0.3 is 15.0 Å². The van der Waals surface area contributed by atoms with E-state index in [4.69, 9.17) is 4.74 Å². The molecule has 2 aromatic heterocycles.